The molecular formula is C22H13F2NO4. The van der Waals surface area contributed by atoms with Crippen molar-refractivity contribution in [1.29, 1.82) is 0 Å². The number of fused-ring (bicyclic) bond motifs is 1. The third-order valence-electron chi connectivity index (χ3n) is 4.52. The van der Waals surface area contributed by atoms with Gasteiger partial charge in [0.25, 0.3) is 11.8 Å². The van der Waals surface area contributed by atoms with Crippen LogP contribution in [0.5, 0.6) is 0 Å². The second-order valence-electron chi connectivity index (χ2n) is 6.35. The molecule has 0 atom stereocenters. The van der Waals surface area contributed by atoms with E-state index in [1.54, 1.807) is 6.07 Å². The lowest BCUT2D eigenvalue weighted by Crippen LogP contribution is -2.29. The fraction of sp³-hybridized carbons (Fsp3) is 0.0455. The average Bonchev–Trinajstić information content (AvgIpc) is 2.98. The number of esters is 1. The Hall–Kier alpha value is -3.87. The molecule has 0 saturated heterocycles. The number of imide groups is 1. The van der Waals surface area contributed by atoms with Crippen molar-refractivity contribution in [3.05, 3.63) is 101 Å². The van der Waals surface area contributed by atoms with E-state index < -0.39 is 29.4 Å². The van der Waals surface area contributed by atoms with Crippen LogP contribution < -0.4 is 4.90 Å². The first-order chi connectivity index (χ1) is 14.0. The number of ether oxygens (including phenoxy) is 1. The Morgan fingerprint density at radius 3 is 2.28 bits per heavy atom. The first-order valence-corrected chi connectivity index (χ1v) is 8.64. The zero-order chi connectivity index (χ0) is 20.5. The Kier molecular flexibility index (Phi) is 4.64. The summed E-state index contributed by atoms with van der Waals surface area (Å²) in [6.45, 7) is -0.267. The van der Waals surface area contributed by atoms with Crippen LogP contribution in [0.3, 0.4) is 0 Å². The van der Waals surface area contributed by atoms with Crippen molar-refractivity contribution in [2.45, 2.75) is 6.61 Å². The van der Waals surface area contributed by atoms with Crippen molar-refractivity contribution in [2.24, 2.45) is 0 Å². The largest absolute Gasteiger partial charge is 0.457 e. The smallest absolute Gasteiger partial charge is 0.338 e. The van der Waals surface area contributed by atoms with Gasteiger partial charge in [-0.05, 0) is 48.5 Å². The molecule has 1 aliphatic rings. The number of carbonyl (C=O) groups is 3. The minimum Gasteiger partial charge on any atom is -0.457 e. The fourth-order valence-electron chi connectivity index (χ4n) is 3.03. The van der Waals surface area contributed by atoms with E-state index in [9.17, 15) is 23.2 Å². The second-order valence-corrected chi connectivity index (χ2v) is 6.35. The minimum atomic E-state index is -0.753. The van der Waals surface area contributed by atoms with Crippen molar-refractivity contribution in [1.82, 2.24) is 0 Å². The van der Waals surface area contributed by atoms with Crippen LogP contribution in [0, 0.1) is 11.6 Å². The Morgan fingerprint density at radius 2 is 1.55 bits per heavy atom. The van der Waals surface area contributed by atoms with E-state index in [1.165, 1.54) is 48.5 Å². The molecule has 5 nitrogen and oxygen atoms in total. The first kappa shape index (κ1) is 18.5. The van der Waals surface area contributed by atoms with Crippen LogP contribution in [-0.2, 0) is 11.3 Å². The molecule has 0 N–H and O–H groups in total. The van der Waals surface area contributed by atoms with Gasteiger partial charge in [-0.3, -0.25) is 9.59 Å². The highest BCUT2D eigenvalue weighted by Gasteiger charge is 2.37. The van der Waals surface area contributed by atoms with Crippen LogP contribution in [0.4, 0.5) is 14.5 Å². The maximum absolute atomic E-state index is 13.6. The van der Waals surface area contributed by atoms with Gasteiger partial charge < -0.3 is 4.74 Å². The predicted octanol–water partition coefficient (Wildman–Crippen LogP) is 4.12. The molecule has 1 aliphatic heterocycles. The van der Waals surface area contributed by atoms with Gasteiger partial charge in [0.1, 0.15) is 18.2 Å². The van der Waals surface area contributed by atoms with Crippen molar-refractivity contribution in [3.63, 3.8) is 0 Å². The molecule has 4 rings (SSSR count). The number of benzene rings is 3. The minimum absolute atomic E-state index is 0.0414. The summed E-state index contributed by atoms with van der Waals surface area (Å²) < 4.78 is 31.9. The van der Waals surface area contributed by atoms with Crippen molar-refractivity contribution >= 4 is 23.5 Å². The predicted molar refractivity (Wildman–Crippen MR) is 99.5 cm³/mol. The van der Waals surface area contributed by atoms with Crippen molar-refractivity contribution < 1.29 is 27.9 Å². The SMILES string of the molecule is O=C(OCc1ccccc1F)c1ccc2c(c1)C(=O)N(c1ccc(F)cc1)C2=O. The molecule has 0 spiro atoms. The third kappa shape index (κ3) is 3.38. The van der Waals surface area contributed by atoms with Crippen LogP contribution >= 0.6 is 0 Å². The molecule has 0 aromatic heterocycles. The molecule has 0 aliphatic carbocycles. The summed E-state index contributed by atoms with van der Waals surface area (Å²) >= 11 is 0. The highest BCUT2D eigenvalue weighted by atomic mass is 19.1. The van der Waals surface area contributed by atoms with E-state index in [4.69, 9.17) is 4.74 Å². The van der Waals surface area contributed by atoms with Crippen LogP contribution in [0.25, 0.3) is 0 Å². The fourth-order valence-corrected chi connectivity index (χ4v) is 3.03. The summed E-state index contributed by atoms with van der Waals surface area (Å²) in [5.41, 5.74) is 0.670. The summed E-state index contributed by atoms with van der Waals surface area (Å²) in [6, 6.07) is 14.8. The monoisotopic (exact) mass is 393 g/mol. The Bertz CT molecular complexity index is 1140. The molecule has 2 amide bonds. The number of nitrogens with zero attached hydrogens (tertiary/aromatic N) is 1. The van der Waals surface area contributed by atoms with E-state index in [2.05, 4.69) is 0 Å². The molecule has 7 heteroatoms. The zero-order valence-electron chi connectivity index (χ0n) is 14.9. The van der Waals surface area contributed by atoms with E-state index in [0.717, 1.165) is 17.0 Å². The standard InChI is InChI=1S/C22H13F2NO4/c23-15-6-8-16(9-7-15)25-20(26)17-10-5-13(11-18(17)21(25)27)22(28)29-12-14-3-1-2-4-19(14)24/h1-11H,12H2. The molecule has 29 heavy (non-hydrogen) atoms. The molecule has 144 valence electrons. The van der Waals surface area contributed by atoms with Gasteiger partial charge in [-0.1, -0.05) is 18.2 Å². The van der Waals surface area contributed by atoms with Gasteiger partial charge in [0.2, 0.25) is 0 Å². The Morgan fingerprint density at radius 1 is 0.862 bits per heavy atom. The number of halogens is 2. The van der Waals surface area contributed by atoms with Crippen LogP contribution in [0.2, 0.25) is 0 Å². The Balaban J connectivity index is 1.56. The number of hydrogen-bond donors (Lipinski definition) is 0. The number of rotatable bonds is 4. The van der Waals surface area contributed by atoms with Gasteiger partial charge in [-0.2, -0.15) is 0 Å². The number of anilines is 1. The quantitative estimate of drug-likeness (QED) is 0.494. The summed E-state index contributed by atoms with van der Waals surface area (Å²) in [6.07, 6.45) is 0. The van der Waals surface area contributed by atoms with E-state index >= 15 is 0 Å². The van der Waals surface area contributed by atoms with Gasteiger partial charge in [0, 0.05) is 5.56 Å². The lowest BCUT2D eigenvalue weighted by Gasteiger charge is -2.13. The molecular weight excluding hydrogens is 380 g/mol. The molecule has 3 aromatic rings. The zero-order valence-corrected chi connectivity index (χ0v) is 14.9. The molecule has 0 saturated carbocycles. The highest BCUT2D eigenvalue weighted by molar-refractivity contribution is 6.34. The van der Waals surface area contributed by atoms with Gasteiger partial charge >= 0.3 is 5.97 Å². The van der Waals surface area contributed by atoms with Crippen LogP contribution in [0.15, 0.2) is 66.7 Å². The van der Waals surface area contributed by atoms with Crippen molar-refractivity contribution in [3.8, 4) is 0 Å². The lowest BCUT2D eigenvalue weighted by molar-refractivity contribution is 0.0468. The summed E-state index contributed by atoms with van der Waals surface area (Å²) in [5, 5.41) is 0. The number of hydrogen-bond acceptors (Lipinski definition) is 4. The maximum Gasteiger partial charge on any atom is 0.338 e. The van der Waals surface area contributed by atoms with Crippen LogP contribution in [0.1, 0.15) is 36.6 Å². The topological polar surface area (TPSA) is 63.7 Å². The maximum atomic E-state index is 13.6. The third-order valence-corrected chi connectivity index (χ3v) is 4.52. The van der Waals surface area contributed by atoms with Gasteiger partial charge in [-0.25, -0.2) is 18.5 Å². The van der Waals surface area contributed by atoms with E-state index in [-0.39, 0.29) is 34.5 Å². The van der Waals surface area contributed by atoms with Crippen molar-refractivity contribution in [2.75, 3.05) is 4.90 Å². The molecule has 1 heterocycles. The number of carbonyl (C=O) groups excluding carboxylic acids is 3. The second kappa shape index (κ2) is 7.27. The molecule has 0 fully saturated rings. The number of amides is 2. The molecule has 3 aromatic carbocycles. The van der Waals surface area contributed by atoms with Gasteiger partial charge in [0.15, 0.2) is 0 Å². The first-order valence-electron chi connectivity index (χ1n) is 8.64. The summed E-state index contributed by atoms with van der Waals surface area (Å²) in [5.74, 6) is -2.94. The molecule has 0 unspecified atom stereocenters. The molecule has 0 radical (unpaired) electrons. The van der Waals surface area contributed by atoms with Gasteiger partial charge in [-0.15, -0.1) is 0 Å². The van der Waals surface area contributed by atoms with E-state index in [1.807, 2.05) is 0 Å². The van der Waals surface area contributed by atoms with E-state index in [0.29, 0.717) is 0 Å². The summed E-state index contributed by atoms with van der Waals surface area (Å²) in [7, 11) is 0. The van der Waals surface area contributed by atoms with Crippen LogP contribution in [-0.4, -0.2) is 17.8 Å². The van der Waals surface area contributed by atoms with Gasteiger partial charge in [0.05, 0.1) is 22.4 Å². The highest BCUT2D eigenvalue weighted by Crippen LogP contribution is 2.29. The Labute approximate surface area is 164 Å². The normalized spacial score (nSPS) is 12.8. The average molecular weight is 393 g/mol. The lowest BCUT2D eigenvalue weighted by atomic mass is 10.1. The molecule has 0 bridgehead atoms. The summed E-state index contributed by atoms with van der Waals surface area (Å²) in [4.78, 5) is 38.5.